The van der Waals surface area contributed by atoms with Crippen LogP contribution in [0.3, 0.4) is 0 Å². The summed E-state index contributed by atoms with van der Waals surface area (Å²) in [5.74, 6) is -0.240. The van der Waals surface area contributed by atoms with Crippen LogP contribution in [0.4, 0.5) is 5.69 Å². The monoisotopic (exact) mass is 376 g/mol. The van der Waals surface area contributed by atoms with Gasteiger partial charge >= 0.3 is 5.69 Å². The minimum Gasteiger partial charge on any atom is -0.311 e. The molecule has 2 heterocycles. The summed E-state index contributed by atoms with van der Waals surface area (Å²) in [5.41, 5.74) is 0.924. The predicted octanol–water partition coefficient (Wildman–Crippen LogP) is 0.619. The fourth-order valence-electron chi connectivity index (χ4n) is 3.03. The van der Waals surface area contributed by atoms with E-state index in [1.165, 1.54) is 17.8 Å². The summed E-state index contributed by atoms with van der Waals surface area (Å²) in [6.07, 6.45) is 5.35. The van der Waals surface area contributed by atoms with Crippen molar-refractivity contribution < 1.29 is 13.2 Å². The maximum atomic E-state index is 12.8. The first-order valence-electron chi connectivity index (χ1n) is 8.17. The molecule has 1 aliphatic heterocycles. The molecule has 1 atom stereocenters. The number of carbonyl (C=O) groups excluding carboxylic acids is 1. The maximum absolute atomic E-state index is 12.8. The summed E-state index contributed by atoms with van der Waals surface area (Å²) in [4.78, 5) is 29.9. The third kappa shape index (κ3) is 3.54. The standard InChI is InChI=1S/C17H20N4O4S/c1-19(26(2,24)25)15-5-3-11-20(16(15)22)13-6-8-14(9-7-13)21-12-4-10-18-17(21)23/h4,6-10,12,15H,3,5,11H2,1-2H3. The average molecular weight is 376 g/mol. The Bertz CT molecular complexity index is 969. The lowest BCUT2D eigenvalue weighted by Crippen LogP contribution is -2.52. The van der Waals surface area contributed by atoms with Crippen molar-refractivity contribution in [3.8, 4) is 5.69 Å². The van der Waals surface area contributed by atoms with Gasteiger partial charge in [-0.05, 0) is 43.2 Å². The summed E-state index contributed by atoms with van der Waals surface area (Å²) in [7, 11) is -2.02. The molecule has 26 heavy (non-hydrogen) atoms. The number of sulfonamides is 1. The smallest absolute Gasteiger partial charge is 0.311 e. The molecular weight excluding hydrogens is 356 g/mol. The van der Waals surface area contributed by atoms with Gasteiger partial charge in [-0.2, -0.15) is 4.31 Å². The number of hydrogen-bond acceptors (Lipinski definition) is 5. The Morgan fingerprint density at radius 3 is 2.42 bits per heavy atom. The Hall–Kier alpha value is -2.52. The van der Waals surface area contributed by atoms with Crippen LogP contribution in [0, 0.1) is 0 Å². The second-order valence-corrected chi connectivity index (χ2v) is 8.26. The Kier molecular flexibility index (Phi) is 4.92. The van der Waals surface area contributed by atoms with Gasteiger partial charge in [0, 0.05) is 31.7 Å². The minimum absolute atomic E-state index is 0.240. The Morgan fingerprint density at radius 2 is 1.81 bits per heavy atom. The van der Waals surface area contributed by atoms with E-state index in [0.717, 1.165) is 10.6 Å². The molecule has 0 saturated carbocycles. The van der Waals surface area contributed by atoms with Crippen LogP contribution in [0.25, 0.3) is 5.69 Å². The van der Waals surface area contributed by atoms with Crippen molar-refractivity contribution in [2.45, 2.75) is 18.9 Å². The van der Waals surface area contributed by atoms with Gasteiger partial charge < -0.3 is 4.90 Å². The van der Waals surface area contributed by atoms with Crippen molar-refractivity contribution in [3.05, 3.63) is 53.2 Å². The molecule has 138 valence electrons. The van der Waals surface area contributed by atoms with Crippen LogP contribution in [0.2, 0.25) is 0 Å². The second kappa shape index (κ2) is 7.00. The van der Waals surface area contributed by atoms with E-state index >= 15 is 0 Å². The zero-order valence-electron chi connectivity index (χ0n) is 14.6. The molecule has 0 bridgehead atoms. The molecule has 1 aromatic carbocycles. The summed E-state index contributed by atoms with van der Waals surface area (Å²) in [6.45, 7) is 0.527. The Morgan fingerprint density at radius 1 is 1.15 bits per heavy atom. The normalized spacial score (nSPS) is 18.3. The molecule has 0 radical (unpaired) electrons. The van der Waals surface area contributed by atoms with E-state index < -0.39 is 16.1 Å². The Balaban J connectivity index is 1.86. The number of benzene rings is 1. The van der Waals surface area contributed by atoms with Crippen LogP contribution in [-0.4, -0.2) is 54.1 Å². The molecule has 1 unspecified atom stereocenters. The van der Waals surface area contributed by atoms with Crippen LogP contribution in [-0.2, 0) is 14.8 Å². The third-order valence-electron chi connectivity index (χ3n) is 4.52. The lowest BCUT2D eigenvalue weighted by Gasteiger charge is -2.35. The summed E-state index contributed by atoms with van der Waals surface area (Å²) < 4.78 is 26.1. The van der Waals surface area contributed by atoms with Crippen molar-refractivity contribution in [1.82, 2.24) is 13.9 Å². The highest BCUT2D eigenvalue weighted by Gasteiger charge is 2.35. The van der Waals surface area contributed by atoms with Gasteiger partial charge in [-0.1, -0.05) is 0 Å². The number of hydrogen-bond donors (Lipinski definition) is 0. The highest BCUT2D eigenvalue weighted by molar-refractivity contribution is 7.88. The van der Waals surface area contributed by atoms with E-state index in [1.54, 1.807) is 41.4 Å². The van der Waals surface area contributed by atoms with Gasteiger partial charge in [0.25, 0.3) is 0 Å². The quantitative estimate of drug-likeness (QED) is 0.780. The summed E-state index contributed by atoms with van der Waals surface area (Å²) >= 11 is 0. The first-order chi connectivity index (χ1) is 12.3. The maximum Gasteiger partial charge on any atom is 0.352 e. The van der Waals surface area contributed by atoms with Gasteiger partial charge in [-0.25, -0.2) is 18.2 Å². The van der Waals surface area contributed by atoms with Crippen LogP contribution in [0.15, 0.2) is 47.5 Å². The number of anilines is 1. The number of amides is 1. The predicted molar refractivity (Wildman–Crippen MR) is 97.8 cm³/mol. The summed E-state index contributed by atoms with van der Waals surface area (Å²) in [6, 6.07) is 7.92. The van der Waals surface area contributed by atoms with Crippen LogP contribution in [0.1, 0.15) is 12.8 Å². The molecule has 0 spiro atoms. The number of rotatable bonds is 4. The van der Waals surface area contributed by atoms with Gasteiger partial charge in [0.15, 0.2) is 0 Å². The zero-order chi connectivity index (χ0) is 18.9. The zero-order valence-corrected chi connectivity index (χ0v) is 15.4. The molecule has 2 aromatic rings. The molecule has 8 nitrogen and oxygen atoms in total. The molecule has 0 aliphatic carbocycles. The molecule has 1 fully saturated rings. The first kappa shape index (κ1) is 18.3. The van der Waals surface area contributed by atoms with Crippen molar-refractivity contribution >= 4 is 21.6 Å². The second-order valence-electron chi connectivity index (χ2n) is 6.22. The lowest BCUT2D eigenvalue weighted by molar-refractivity contribution is -0.123. The highest BCUT2D eigenvalue weighted by Crippen LogP contribution is 2.25. The van der Waals surface area contributed by atoms with Gasteiger partial charge in [0.2, 0.25) is 15.9 Å². The largest absolute Gasteiger partial charge is 0.352 e. The van der Waals surface area contributed by atoms with E-state index in [1.807, 2.05) is 0 Å². The average Bonchev–Trinajstić information content (AvgIpc) is 2.61. The van der Waals surface area contributed by atoms with Crippen LogP contribution < -0.4 is 10.6 Å². The number of nitrogens with zero attached hydrogens (tertiary/aromatic N) is 4. The summed E-state index contributed by atoms with van der Waals surface area (Å²) in [5, 5.41) is 0. The molecule has 1 aliphatic rings. The van der Waals surface area contributed by atoms with Gasteiger partial charge in [0.05, 0.1) is 11.9 Å². The van der Waals surface area contributed by atoms with Crippen molar-refractivity contribution in [3.63, 3.8) is 0 Å². The molecule has 1 amide bonds. The van der Waals surface area contributed by atoms with Crippen LogP contribution >= 0.6 is 0 Å². The SMILES string of the molecule is CN(C1CCCN(c2ccc(-n3cccnc3=O)cc2)C1=O)S(C)(=O)=O. The molecule has 1 aromatic heterocycles. The minimum atomic E-state index is -3.45. The molecule has 0 N–H and O–H groups in total. The molecule has 9 heteroatoms. The first-order valence-corrected chi connectivity index (χ1v) is 10.0. The third-order valence-corrected chi connectivity index (χ3v) is 5.82. The molecular formula is C17H20N4O4S. The van der Waals surface area contributed by atoms with E-state index in [-0.39, 0.29) is 11.6 Å². The van der Waals surface area contributed by atoms with Crippen LogP contribution in [0.5, 0.6) is 0 Å². The number of piperidine rings is 1. The number of likely N-dealkylation sites (N-methyl/N-ethyl adjacent to an activating group) is 1. The fraction of sp³-hybridized carbons (Fsp3) is 0.353. The number of carbonyl (C=O) groups is 1. The van der Waals surface area contributed by atoms with E-state index in [9.17, 15) is 18.0 Å². The fourth-order valence-corrected chi connectivity index (χ4v) is 3.69. The van der Waals surface area contributed by atoms with E-state index in [2.05, 4.69) is 4.98 Å². The Labute approximate surface area is 151 Å². The van der Waals surface area contributed by atoms with Gasteiger partial charge in [-0.15, -0.1) is 0 Å². The topological polar surface area (TPSA) is 92.6 Å². The molecule has 3 rings (SSSR count). The molecule has 1 saturated heterocycles. The number of aromatic nitrogens is 2. The highest BCUT2D eigenvalue weighted by atomic mass is 32.2. The van der Waals surface area contributed by atoms with Crippen molar-refractivity contribution in [2.75, 3.05) is 24.7 Å². The van der Waals surface area contributed by atoms with E-state index in [0.29, 0.717) is 30.8 Å². The lowest BCUT2D eigenvalue weighted by atomic mass is 10.0. The van der Waals surface area contributed by atoms with Crippen molar-refractivity contribution in [2.24, 2.45) is 0 Å². The van der Waals surface area contributed by atoms with E-state index in [4.69, 9.17) is 0 Å². The van der Waals surface area contributed by atoms with Gasteiger partial charge in [0.1, 0.15) is 6.04 Å². The van der Waals surface area contributed by atoms with Crippen molar-refractivity contribution in [1.29, 1.82) is 0 Å². The van der Waals surface area contributed by atoms with Gasteiger partial charge in [-0.3, -0.25) is 9.36 Å².